The monoisotopic (exact) mass is 230 g/mol. The van der Waals surface area contributed by atoms with Gasteiger partial charge in [-0.3, -0.25) is 4.79 Å². The minimum absolute atomic E-state index is 0.00655. The lowest BCUT2D eigenvalue weighted by Crippen LogP contribution is -2.52. The fourth-order valence-corrected chi connectivity index (χ4v) is 1.30. The van der Waals surface area contributed by atoms with Gasteiger partial charge in [-0.05, 0) is 39.2 Å². The Labute approximate surface area is 98.8 Å². The Bertz CT molecular complexity index is 225. The van der Waals surface area contributed by atoms with Crippen molar-refractivity contribution in [2.75, 3.05) is 20.2 Å². The Kier molecular flexibility index (Phi) is 5.97. The maximum Gasteiger partial charge on any atom is 0.239 e. The Morgan fingerprint density at radius 1 is 1.25 bits per heavy atom. The topological polar surface area (TPSA) is 61.4 Å². The van der Waals surface area contributed by atoms with Crippen molar-refractivity contribution in [3.05, 3.63) is 0 Å². The van der Waals surface area contributed by atoms with E-state index in [1.165, 1.54) is 0 Å². The third-order valence-corrected chi connectivity index (χ3v) is 2.93. The van der Waals surface area contributed by atoms with Gasteiger partial charge in [0.15, 0.2) is 0 Å². The molecule has 0 atom stereocenters. The van der Waals surface area contributed by atoms with Gasteiger partial charge in [-0.25, -0.2) is 0 Å². The van der Waals surface area contributed by atoms with Gasteiger partial charge in [0, 0.05) is 13.2 Å². The van der Waals surface area contributed by atoms with E-state index in [-0.39, 0.29) is 17.9 Å². The Balaban J connectivity index is 4.09. The Morgan fingerprint density at radius 2 is 1.81 bits per heavy atom. The van der Waals surface area contributed by atoms with Crippen molar-refractivity contribution < 1.29 is 9.90 Å². The number of aliphatic hydroxyl groups is 1. The summed E-state index contributed by atoms with van der Waals surface area (Å²) in [6, 6.07) is 0. The van der Waals surface area contributed by atoms with E-state index in [0.717, 1.165) is 12.8 Å². The van der Waals surface area contributed by atoms with Gasteiger partial charge < -0.3 is 15.7 Å². The molecule has 0 aliphatic rings. The Hall–Kier alpha value is -0.610. The second-order valence-electron chi connectivity index (χ2n) is 5.55. The van der Waals surface area contributed by atoms with Crippen LogP contribution in [0.2, 0.25) is 0 Å². The smallest absolute Gasteiger partial charge is 0.239 e. The van der Waals surface area contributed by atoms with Gasteiger partial charge in [0.2, 0.25) is 5.91 Å². The summed E-state index contributed by atoms with van der Waals surface area (Å²) in [5, 5.41) is 14.7. The molecule has 4 nitrogen and oxygen atoms in total. The number of hydrogen-bond acceptors (Lipinski definition) is 3. The molecule has 0 unspecified atom stereocenters. The van der Waals surface area contributed by atoms with Crippen molar-refractivity contribution in [2.24, 2.45) is 5.41 Å². The molecule has 0 aliphatic heterocycles. The number of likely N-dealkylation sites (N-methyl/N-ethyl adjacent to an activating group) is 1. The molecule has 0 aromatic heterocycles. The minimum atomic E-state index is -0.535. The summed E-state index contributed by atoms with van der Waals surface area (Å²) in [5.74, 6) is 0.00655. The first kappa shape index (κ1) is 15.4. The maximum absolute atomic E-state index is 11.8. The number of carbonyl (C=O) groups excluding carboxylic acids is 1. The van der Waals surface area contributed by atoms with Gasteiger partial charge in [-0.2, -0.15) is 0 Å². The van der Waals surface area contributed by atoms with Crippen molar-refractivity contribution in [2.45, 2.75) is 46.1 Å². The van der Waals surface area contributed by atoms with Gasteiger partial charge in [0.1, 0.15) is 0 Å². The normalized spacial score (nSPS) is 12.6. The van der Waals surface area contributed by atoms with E-state index in [4.69, 9.17) is 5.11 Å². The zero-order chi connectivity index (χ0) is 12.8. The summed E-state index contributed by atoms with van der Waals surface area (Å²) in [6.07, 6.45) is 1.68. The molecule has 0 aromatic rings. The van der Waals surface area contributed by atoms with Crippen LogP contribution in [0.25, 0.3) is 0 Å². The first-order chi connectivity index (χ1) is 7.25. The number of amides is 1. The maximum atomic E-state index is 11.8. The summed E-state index contributed by atoms with van der Waals surface area (Å²) in [6.45, 7) is 8.73. The van der Waals surface area contributed by atoms with Gasteiger partial charge in [0.25, 0.3) is 0 Å². The van der Waals surface area contributed by atoms with Crippen LogP contribution in [0.5, 0.6) is 0 Å². The highest BCUT2D eigenvalue weighted by Gasteiger charge is 2.27. The SMILES string of the molecule is CNC(C)(C)C(=O)NCC(C)(C)CCCO. The summed E-state index contributed by atoms with van der Waals surface area (Å²) in [7, 11) is 1.77. The largest absolute Gasteiger partial charge is 0.396 e. The molecule has 0 aliphatic carbocycles. The number of carbonyl (C=O) groups is 1. The quantitative estimate of drug-likeness (QED) is 0.609. The van der Waals surface area contributed by atoms with E-state index in [2.05, 4.69) is 24.5 Å². The number of hydrogen-bond donors (Lipinski definition) is 3. The van der Waals surface area contributed by atoms with Gasteiger partial charge in [0.05, 0.1) is 5.54 Å². The van der Waals surface area contributed by atoms with Crippen LogP contribution in [-0.4, -0.2) is 36.8 Å². The first-order valence-electron chi connectivity index (χ1n) is 5.83. The summed E-state index contributed by atoms with van der Waals surface area (Å²) in [5.41, 5.74) is -0.505. The standard InChI is InChI=1S/C12H26N2O2/c1-11(2,7-6-8-15)9-14-10(16)12(3,4)13-5/h13,15H,6-9H2,1-5H3,(H,14,16). The molecule has 96 valence electrons. The minimum Gasteiger partial charge on any atom is -0.396 e. The number of aliphatic hydroxyl groups excluding tert-OH is 1. The highest BCUT2D eigenvalue weighted by Crippen LogP contribution is 2.20. The molecule has 0 radical (unpaired) electrons. The van der Waals surface area contributed by atoms with E-state index in [0.29, 0.717) is 6.54 Å². The molecule has 0 fully saturated rings. The second kappa shape index (κ2) is 6.21. The molecule has 16 heavy (non-hydrogen) atoms. The van der Waals surface area contributed by atoms with Gasteiger partial charge >= 0.3 is 0 Å². The molecule has 0 heterocycles. The van der Waals surface area contributed by atoms with Crippen molar-refractivity contribution >= 4 is 5.91 Å². The zero-order valence-corrected chi connectivity index (χ0v) is 11.2. The average molecular weight is 230 g/mol. The highest BCUT2D eigenvalue weighted by molar-refractivity contribution is 5.85. The molecule has 4 heteroatoms. The van der Waals surface area contributed by atoms with Gasteiger partial charge in [-0.1, -0.05) is 13.8 Å². The molecule has 0 spiro atoms. The van der Waals surface area contributed by atoms with Crippen LogP contribution in [0, 0.1) is 5.41 Å². The molecule has 0 aromatic carbocycles. The van der Waals surface area contributed by atoms with Crippen molar-refractivity contribution in [3.63, 3.8) is 0 Å². The van der Waals surface area contributed by atoms with E-state index in [9.17, 15) is 4.79 Å². The van der Waals surface area contributed by atoms with Crippen molar-refractivity contribution in [1.29, 1.82) is 0 Å². The van der Waals surface area contributed by atoms with E-state index < -0.39 is 5.54 Å². The van der Waals surface area contributed by atoms with Crippen LogP contribution in [-0.2, 0) is 4.79 Å². The molecular formula is C12H26N2O2. The molecule has 1 amide bonds. The van der Waals surface area contributed by atoms with Crippen LogP contribution in [0.15, 0.2) is 0 Å². The second-order valence-corrected chi connectivity index (χ2v) is 5.55. The predicted octanol–water partition coefficient (Wildman–Crippen LogP) is 0.899. The molecule has 0 rings (SSSR count). The van der Waals surface area contributed by atoms with Crippen LogP contribution in [0.4, 0.5) is 0 Å². The summed E-state index contributed by atoms with van der Waals surface area (Å²) < 4.78 is 0. The van der Waals surface area contributed by atoms with Gasteiger partial charge in [-0.15, -0.1) is 0 Å². The zero-order valence-electron chi connectivity index (χ0n) is 11.2. The number of nitrogens with one attached hydrogen (secondary N) is 2. The fraction of sp³-hybridized carbons (Fsp3) is 0.917. The predicted molar refractivity (Wildman–Crippen MR) is 66.2 cm³/mol. The average Bonchev–Trinajstić information content (AvgIpc) is 2.23. The molecule has 0 saturated heterocycles. The summed E-state index contributed by atoms with van der Waals surface area (Å²) >= 11 is 0. The van der Waals surface area contributed by atoms with Crippen LogP contribution in [0.1, 0.15) is 40.5 Å². The lowest BCUT2D eigenvalue weighted by molar-refractivity contribution is -0.126. The van der Waals surface area contributed by atoms with Crippen molar-refractivity contribution in [3.8, 4) is 0 Å². The molecule has 0 bridgehead atoms. The molecule has 3 N–H and O–H groups in total. The third kappa shape index (κ3) is 5.47. The lowest BCUT2D eigenvalue weighted by Gasteiger charge is -2.28. The summed E-state index contributed by atoms with van der Waals surface area (Å²) in [4.78, 5) is 11.8. The van der Waals surface area contributed by atoms with E-state index in [1.54, 1.807) is 7.05 Å². The van der Waals surface area contributed by atoms with Crippen LogP contribution in [0.3, 0.4) is 0 Å². The van der Waals surface area contributed by atoms with E-state index in [1.807, 2.05) is 13.8 Å². The highest BCUT2D eigenvalue weighted by atomic mass is 16.2. The third-order valence-electron chi connectivity index (χ3n) is 2.93. The number of rotatable bonds is 7. The lowest BCUT2D eigenvalue weighted by atomic mass is 9.87. The first-order valence-corrected chi connectivity index (χ1v) is 5.83. The van der Waals surface area contributed by atoms with Crippen LogP contribution < -0.4 is 10.6 Å². The Morgan fingerprint density at radius 3 is 2.25 bits per heavy atom. The van der Waals surface area contributed by atoms with E-state index >= 15 is 0 Å². The molecule has 0 saturated carbocycles. The molecular weight excluding hydrogens is 204 g/mol. The fourth-order valence-electron chi connectivity index (χ4n) is 1.30. The van der Waals surface area contributed by atoms with Crippen molar-refractivity contribution in [1.82, 2.24) is 10.6 Å². The van der Waals surface area contributed by atoms with Crippen LogP contribution >= 0.6 is 0 Å².